The lowest BCUT2D eigenvalue weighted by molar-refractivity contribution is -0.122. The molecule has 1 amide bonds. The second kappa shape index (κ2) is 16.4. The summed E-state index contributed by atoms with van der Waals surface area (Å²) < 4.78 is 5.33. The average molecular weight is 451 g/mol. The lowest BCUT2D eigenvalue weighted by atomic mass is 9.89. The molecule has 0 radical (unpaired) electrons. The lowest BCUT2D eigenvalue weighted by Crippen LogP contribution is -2.41. The smallest absolute Gasteiger partial charge is 0.220 e. The molecule has 2 rings (SSSR count). The summed E-state index contributed by atoms with van der Waals surface area (Å²) in [5.41, 5.74) is 0. The van der Waals surface area contributed by atoms with Crippen molar-refractivity contribution in [1.29, 1.82) is 0 Å². The fraction of sp³-hybridized carbons (Fsp3) is 0.846. The van der Waals surface area contributed by atoms with E-state index in [1.165, 1.54) is 0 Å². The topological polar surface area (TPSA) is 78.9 Å². The lowest BCUT2D eigenvalue weighted by Gasteiger charge is -2.26. The summed E-state index contributed by atoms with van der Waals surface area (Å²) in [5, 5.41) is 13.1. The first-order valence-electron chi connectivity index (χ1n) is 13.1. The van der Waals surface area contributed by atoms with Crippen LogP contribution in [-0.4, -0.2) is 67.2 Å². The van der Waals surface area contributed by atoms with E-state index in [0.29, 0.717) is 31.1 Å². The van der Waals surface area contributed by atoms with Gasteiger partial charge in [-0.1, -0.05) is 57.6 Å². The normalized spacial score (nSPS) is 23.1. The van der Waals surface area contributed by atoms with Gasteiger partial charge in [-0.2, -0.15) is 0 Å². The number of rotatable bonds is 16. The minimum atomic E-state index is -0.377. The molecule has 1 saturated heterocycles. The maximum Gasteiger partial charge on any atom is 0.220 e. The van der Waals surface area contributed by atoms with Crippen LogP contribution < -0.4 is 5.32 Å². The summed E-state index contributed by atoms with van der Waals surface area (Å²) in [7, 11) is 0. The molecule has 2 N–H and O–H groups in total. The molecule has 184 valence electrons. The summed E-state index contributed by atoms with van der Waals surface area (Å²) >= 11 is 0. The van der Waals surface area contributed by atoms with Gasteiger partial charge in [0.15, 0.2) is 0 Å². The molecule has 2 aliphatic rings. The Balaban J connectivity index is 1.52. The summed E-state index contributed by atoms with van der Waals surface area (Å²) in [5.74, 6) is 0.949. The molecule has 6 heteroatoms. The molecule has 0 aromatic heterocycles. The Bertz CT molecular complexity index is 560. The predicted octanol–water partition coefficient (Wildman–Crippen LogP) is 3.87. The molecule has 1 aliphatic heterocycles. The zero-order valence-electron chi connectivity index (χ0n) is 20.2. The molecule has 0 aromatic carbocycles. The van der Waals surface area contributed by atoms with Gasteiger partial charge < -0.3 is 15.2 Å². The third-order valence-electron chi connectivity index (χ3n) is 6.86. The van der Waals surface area contributed by atoms with Gasteiger partial charge in [0.2, 0.25) is 5.91 Å². The van der Waals surface area contributed by atoms with Gasteiger partial charge in [-0.25, -0.2) is 0 Å². The van der Waals surface area contributed by atoms with Crippen molar-refractivity contribution in [2.24, 2.45) is 11.8 Å². The van der Waals surface area contributed by atoms with Crippen LogP contribution in [0.1, 0.15) is 84.0 Å². The number of ether oxygens (including phenoxy) is 1. The number of hydrogen-bond donors (Lipinski definition) is 2. The van der Waals surface area contributed by atoms with Gasteiger partial charge in [0.05, 0.1) is 19.3 Å². The summed E-state index contributed by atoms with van der Waals surface area (Å²) in [6.07, 6.45) is 15.0. The molecule has 0 bridgehead atoms. The van der Waals surface area contributed by atoms with Crippen LogP contribution in [0.3, 0.4) is 0 Å². The molecule has 3 unspecified atom stereocenters. The molecule has 32 heavy (non-hydrogen) atoms. The fourth-order valence-electron chi connectivity index (χ4n) is 4.78. The maximum atomic E-state index is 12.3. The van der Waals surface area contributed by atoms with E-state index in [9.17, 15) is 14.7 Å². The van der Waals surface area contributed by atoms with Crippen LogP contribution in [0.25, 0.3) is 0 Å². The van der Waals surface area contributed by atoms with Crippen LogP contribution in [0.4, 0.5) is 0 Å². The zero-order chi connectivity index (χ0) is 23.0. The first kappa shape index (κ1) is 27.0. The number of Topliss-reactive ketones (excluding diaryl/α,β-unsaturated/α-hetero) is 1. The number of ketones is 1. The number of nitrogens with zero attached hydrogens (tertiary/aromatic N) is 1. The monoisotopic (exact) mass is 450 g/mol. The van der Waals surface area contributed by atoms with Gasteiger partial charge >= 0.3 is 0 Å². The van der Waals surface area contributed by atoms with E-state index in [4.69, 9.17) is 4.74 Å². The van der Waals surface area contributed by atoms with E-state index >= 15 is 0 Å². The predicted molar refractivity (Wildman–Crippen MR) is 128 cm³/mol. The van der Waals surface area contributed by atoms with Crippen LogP contribution in [0, 0.1) is 11.8 Å². The number of hydrogen-bond acceptors (Lipinski definition) is 5. The molecule has 1 aliphatic carbocycles. The van der Waals surface area contributed by atoms with Gasteiger partial charge in [-0.3, -0.25) is 14.5 Å². The summed E-state index contributed by atoms with van der Waals surface area (Å²) in [6, 6.07) is 0. The quantitative estimate of drug-likeness (QED) is 0.276. The molecule has 0 spiro atoms. The number of amides is 1. The van der Waals surface area contributed by atoms with Crippen molar-refractivity contribution < 1.29 is 19.4 Å². The second-order valence-electron chi connectivity index (χ2n) is 9.48. The first-order valence-corrected chi connectivity index (χ1v) is 13.1. The van der Waals surface area contributed by atoms with E-state index in [0.717, 1.165) is 97.1 Å². The third-order valence-corrected chi connectivity index (χ3v) is 6.86. The maximum absolute atomic E-state index is 12.3. The Morgan fingerprint density at radius 3 is 2.75 bits per heavy atom. The molecule has 1 heterocycles. The van der Waals surface area contributed by atoms with Crippen LogP contribution in [0.2, 0.25) is 0 Å². The van der Waals surface area contributed by atoms with Crippen LogP contribution >= 0.6 is 0 Å². The minimum Gasteiger partial charge on any atom is -0.389 e. The SMILES string of the molecule is CCCCCC(O)C=CC1CCC(=O)C1CCCCCCC(=O)NCCN1CCOCC1. The number of morpholine rings is 1. The first-order chi connectivity index (χ1) is 15.6. The molecular formula is C26H46N2O4. The van der Waals surface area contributed by atoms with E-state index in [2.05, 4.69) is 23.2 Å². The molecule has 1 saturated carbocycles. The Hall–Kier alpha value is -1.24. The van der Waals surface area contributed by atoms with E-state index in [-0.39, 0.29) is 17.9 Å². The van der Waals surface area contributed by atoms with Crippen molar-refractivity contribution in [3.05, 3.63) is 12.2 Å². The van der Waals surface area contributed by atoms with Crippen molar-refractivity contribution in [1.82, 2.24) is 10.2 Å². The van der Waals surface area contributed by atoms with Crippen molar-refractivity contribution in [3.8, 4) is 0 Å². The highest BCUT2D eigenvalue weighted by Gasteiger charge is 2.32. The van der Waals surface area contributed by atoms with Crippen LogP contribution in [0.5, 0.6) is 0 Å². The number of unbranched alkanes of at least 4 members (excludes halogenated alkanes) is 5. The standard InChI is InChI=1S/C26H46N2O4/c1-2-3-6-9-23(29)14-12-22-13-15-25(30)24(22)10-7-4-5-8-11-26(31)27-16-17-28-18-20-32-21-19-28/h12,14,22-24,29H,2-11,13,15-21H2,1H3,(H,27,31). The van der Waals surface area contributed by atoms with Gasteiger partial charge in [-0.15, -0.1) is 0 Å². The summed E-state index contributed by atoms with van der Waals surface area (Å²) in [4.78, 5) is 26.6. The van der Waals surface area contributed by atoms with E-state index in [1.54, 1.807) is 0 Å². The number of carbonyl (C=O) groups is 2. The highest BCUT2D eigenvalue weighted by Crippen LogP contribution is 2.34. The number of nitrogens with one attached hydrogen (secondary N) is 1. The van der Waals surface area contributed by atoms with Crippen LogP contribution in [0.15, 0.2) is 12.2 Å². The Labute approximate surface area is 195 Å². The molecular weight excluding hydrogens is 404 g/mol. The van der Waals surface area contributed by atoms with E-state index < -0.39 is 0 Å². The average Bonchev–Trinajstić information content (AvgIpc) is 3.15. The Kier molecular flexibility index (Phi) is 13.8. The van der Waals surface area contributed by atoms with Gasteiger partial charge in [0.1, 0.15) is 5.78 Å². The van der Waals surface area contributed by atoms with Gasteiger partial charge in [0.25, 0.3) is 0 Å². The number of allylic oxidation sites excluding steroid dienone is 1. The van der Waals surface area contributed by atoms with Gasteiger partial charge in [0, 0.05) is 44.9 Å². The van der Waals surface area contributed by atoms with Gasteiger partial charge in [-0.05, 0) is 31.6 Å². The van der Waals surface area contributed by atoms with Crippen LogP contribution in [-0.2, 0) is 14.3 Å². The number of carbonyl (C=O) groups excluding carboxylic acids is 2. The third kappa shape index (κ3) is 11.1. The zero-order valence-corrected chi connectivity index (χ0v) is 20.2. The largest absolute Gasteiger partial charge is 0.389 e. The Morgan fingerprint density at radius 1 is 1.19 bits per heavy atom. The molecule has 3 atom stereocenters. The molecule has 6 nitrogen and oxygen atoms in total. The van der Waals surface area contributed by atoms with Crippen molar-refractivity contribution >= 4 is 11.7 Å². The minimum absolute atomic E-state index is 0.123. The van der Waals surface area contributed by atoms with Crippen molar-refractivity contribution in [2.75, 3.05) is 39.4 Å². The van der Waals surface area contributed by atoms with E-state index in [1.807, 2.05) is 6.08 Å². The van der Waals surface area contributed by atoms with Crippen molar-refractivity contribution in [2.45, 2.75) is 90.1 Å². The molecule has 0 aromatic rings. The Morgan fingerprint density at radius 2 is 1.97 bits per heavy atom. The second-order valence-corrected chi connectivity index (χ2v) is 9.48. The van der Waals surface area contributed by atoms with Crippen molar-refractivity contribution in [3.63, 3.8) is 0 Å². The summed E-state index contributed by atoms with van der Waals surface area (Å²) in [6.45, 7) is 7.27. The number of aliphatic hydroxyl groups excluding tert-OH is 1. The highest BCUT2D eigenvalue weighted by atomic mass is 16.5. The number of aliphatic hydroxyl groups is 1. The highest BCUT2D eigenvalue weighted by molar-refractivity contribution is 5.83. The molecule has 2 fully saturated rings. The fourth-order valence-corrected chi connectivity index (χ4v) is 4.78.